The molecule has 0 aliphatic heterocycles. The maximum absolute atomic E-state index is 11.2. The second kappa shape index (κ2) is 6.86. The van der Waals surface area contributed by atoms with E-state index in [0.717, 1.165) is 0 Å². The van der Waals surface area contributed by atoms with E-state index in [2.05, 4.69) is 4.98 Å². The normalized spacial score (nSPS) is 11.8. The minimum atomic E-state index is -0.875. The number of benzene rings is 1. The summed E-state index contributed by atoms with van der Waals surface area (Å²) in [6, 6.07) is 6.14. The van der Waals surface area contributed by atoms with Crippen molar-refractivity contribution in [3.63, 3.8) is 0 Å². The molecule has 0 aliphatic carbocycles. The van der Waals surface area contributed by atoms with Crippen LogP contribution in [0.25, 0.3) is 0 Å². The zero-order valence-corrected chi connectivity index (χ0v) is 12.2. The van der Waals surface area contributed by atoms with Gasteiger partial charge in [0.05, 0.1) is 31.3 Å². The average molecular weight is 304 g/mol. The van der Waals surface area contributed by atoms with Crippen molar-refractivity contribution >= 4 is 5.69 Å². The first-order chi connectivity index (χ1) is 10.6. The Hall–Kier alpha value is -2.67. The molecule has 7 nitrogen and oxygen atoms in total. The van der Waals surface area contributed by atoms with Crippen LogP contribution < -0.4 is 9.47 Å². The van der Waals surface area contributed by atoms with E-state index < -0.39 is 11.0 Å². The highest BCUT2D eigenvalue weighted by Gasteiger charge is 2.22. The zero-order valence-electron chi connectivity index (χ0n) is 12.2. The first kappa shape index (κ1) is 15.7. The molecule has 0 radical (unpaired) electrons. The molecule has 1 N–H and O–H groups in total. The van der Waals surface area contributed by atoms with Crippen LogP contribution in [0.3, 0.4) is 0 Å². The number of rotatable bonds is 6. The summed E-state index contributed by atoms with van der Waals surface area (Å²) >= 11 is 0. The Balaban J connectivity index is 2.38. The topological polar surface area (TPSA) is 94.7 Å². The Morgan fingerprint density at radius 2 is 1.82 bits per heavy atom. The Labute approximate surface area is 127 Å². The minimum absolute atomic E-state index is 0.0840. The molecule has 0 unspecified atom stereocenters. The second-order valence-electron chi connectivity index (χ2n) is 4.59. The molecule has 0 fully saturated rings. The zero-order chi connectivity index (χ0) is 16.1. The molecular formula is C15H16N2O5. The van der Waals surface area contributed by atoms with Gasteiger partial charge in [-0.1, -0.05) is 0 Å². The highest BCUT2D eigenvalue weighted by atomic mass is 16.6. The maximum Gasteiger partial charge on any atom is 0.276 e. The van der Waals surface area contributed by atoms with Gasteiger partial charge in [0.1, 0.15) is 0 Å². The molecule has 1 aromatic carbocycles. The quantitative estimate of drug-likeness (QED) is 0.650. The Bertz CT molecular complexity index is 660. The van der Waals surface area contributed by atoms with Crippen molar-refractivity contribution in [3.05, 3.63) is 57.9 Å². The van der Waals surface area contributed by atoms with Crippen LogP contribution in [0, 0.1) is 10.1 Å². The number of nitrogens with zero attached hydrogens (tertiary/aromatic N) is 2. The van der Waals surface area contributed by atoms with Crippen LogP contribution in [0.5, 0.6) is 11.5 Å². The van der Waals surface area contributed by atoms with Crippen molar-refractivity contribution in [1.29, 1.82) is 0 Å². The van der Waals surface area contributed by atoms with Gasteiger partial charge in [-0.15, -0.1) is 0 Å². The molecule has 1 atom stereocenters. The summed E-state index contributed by atoms with van der Waals surface area (Å²) in [5.41, 5.74) is 0.886. The highest BCUT2D eigenvalue weighted by Crippen LogP contribution is 2.36. The first-order valence-corrected chi connectivity index (χ1v) is 6.54. The lowest BCUT2D eigenvalue weighted by Gasteiger charge is -2.14. The van der Waals surface area contributed by atoms with Gasteiger partial charge in [-0.2, -0.15) is 0 Å². The number of aliphatic hydroxyl groups is 1. The van der Waals surface area contributed by atoms with Gasteiger partial charge in [0.2, 0.25) is 0 Å². The third kappa shape index (κ3) is 3.32. The predicted molar refractivity (Wildman–Crippen MR) is 79.1 cm³/mol. The van der Waals surface area contributed by atoms with Crippen LogP contribution in [-0.2, 0) is 6.42 Å². The monoisotopic (exact) mass is 304 g/mol. The summed E-state index contributed by atoms with van der Waals surface area (Å²) in [5.74, 6) is 0.654. The smallest absolute Gasteiger partial charge is 0.276 e. The second-order valence-corrected chi connectivity index (χ2v) is 4.59. The predicted octanol–water partition coefficient (Wildman–Crippen LogP) is 2.28. The number of pyridine rings is 1. The molecular weight excluding hydrogens is 288 g/mol. The molecule has 0 amide bonds. The average Bonchev–Trinajstić information content (AvgIpc) is 2.54. The molecule has 1 heterocycles. The molecule has 0 saturated heterocycles. The standard InChI is InChI=1S/C15H16N2O5/c1-21-14-8-11(12(17(19)20)9-15(14)22-2)7-13(18)10-3-5-16-6-4-10/h3-6,8-9,13,18H,7H2,1-2H3/t13-/m0/s1. The highest BCUT2D eigenvalue weighted by molar-refractivity contribution is 5.54. The van der Waals surface area contributed by atoms with E-state index in [1.54, 1.807) is 24.5 Å². The van der Waals surface area contributed by atoms with E-state index in [0.29, 0.717) is 16.9 Å². The van der Waals surface area contributed by atoms with Gasteiger partial charge in [-0.25, -0.2) is 0 Å². The molecule has 116 valence electrons. The van der Waals surface area contributed by atoms with Crippen molar-refractivity contribution in [2.45, 2.75) is 12.5 Å². The number of hydrogen-bond donors (Lipinski definition) is 1. The molecule has 0 aliphatic rings. The van der Waals surface area contributed by atoms with E-state index in [-0.39, 0.29) is 17.9 Å². The van der Waals surface area contributed by atoms with Crippen LogP contribution in [0.2, 0.25) is 0 Å². The molecule has 0 bridgehead atoms. The molecule has 0 spiro atoms. The van der Waals surface area contributed by atoms with E-state index in [1.807, 2.05) is 0 Å². The van der Waals surface area contributed by atoms with Crippen molar-refractivity contribution in [2.24, 2.45) is 0 Å². The third-order valence-corrected chi connectivity index (χ3v) is 3.29. The number of aliphatic hydroxyl groups excluding tert-OH is 1. The molecule has 22 heavy (non-hydrogen) atoms. The number of nitro groups is 1. The molecule has 1 aromatic heterocycles. The first-order valence-electron chi connectivity index (χ1n) is 6.54. The minimum Gasteiger partial charge on any atom is -0.493 e. The molecule has 2 aromatic rings. The fourth-order valence-corrected chi connectivity index (χ4v) is 2.16. The van der Waals surface area contributed by atoms with Crippen LogP contribution >= 0.6 is 0 Å². The van der Waals surface area contributed by atoms with Crippen molar-refractivity contribution in [2.75, 3.05) is 14.2 Å². The fraction of sp³-hybridized carbons (Fsp3) is 0.267. The number of ether oxygens (including phenoxy) is 2. The van der Waals surface area contributed by atoms with Crippen molar-refractivity contribution < 1.29 is 19.5 Å². The van der Waals surface area contributed by atoms with Crippen molar-refractivity contribution in [3.8, 4) is 11.5 Å². The van der Waals surface area contributed by atoms with Crippen molar-refractivity contribution in [1.82, 2.24) is 4.98 Å². The Morgan fingerprint density at radius 1 is 1.23 bits per heavy atom. The summed E-state index contributed by atoms with van der Waals surface area (Å²) in [6.45, 7) is 0. The van der Waals surface area contributed by atoms with E-state index in [1.165, 1.54) is 26.4 Å². The van der Waals surface area contributed by atoms with Crippen LogP contribution in [0.4, 0.5) is 5.69 Å². The number of aromatic nitrogens is 1. The van der Waals surface area contributed by atoms with Gasteiger partial charge in [0, 0.05) is 24.4 Å². The molecule has 2 rings (SSSR count). The maximum atomic E-state index is 11.2. The summed E-state index contributed by atoms with van der Waals surface area (Å²) in [6.07, 6.45) is 2.32. The lowest BCUT2D eigenvalue weighted by Crippen LogP contribution is -2.05. The van der Waals surface area contributed by atoms with Gasteiger partial charge in [0.15, 0.2) is 11.5 Å². The summed E-state index contributed by atoms with van der Waals surface area (Å²) < 4.78 is 10.2. The van der Waals surface area contributed by atoms with Crippen LogP contribution in [-0.4, -0.2) is 29.2 Å². The van der Waals surface area contributed by atoms with Gasteiger partial charge in [0.25, 0.3) is 5.69 Å². The van der Waals surface area contributed by atoms with Gasteiger partial charge in [-0.05, 0) is 23.8 Å². The SMILES string of the molecule is COc1cc(C[C@H](O)c2ccncc2)c([N+](=O)[O-])cc1OC. The van der Waals surface area contributed by atoms with E-state index in [4.69, 9.17) is 9.47 Å². The number of hydrogen-bond acceptors (Lipinski definition) is 6. The largest absolute Gasteiger partial charge is 0.493 e. The van der Waals surface area contributed by atoms with E-state index in [9.17, 15) is 15.2 Å². The van der Waals surface area contributed by atoms with Gasteiger partial charge < -0.3 is 14.6 Å². The number of methoxy groups -OCH3 is 2. The Kier molecular flexibility index (Phi) is 4.90. The summed E-state index contributed by atoms with van der Waals surface area (Å²) in [7, 11) is 2.86. The lowest BCUT2D eigenvalue weighted by molar-refractivity contribution is -0.385. The summed E-state index contributed by atoms with van der Waals surface area (Å²) in [5, 5.41) is 21.5. The third-order valence-electron chi connectivity index (χ3n) is 3.29. The molecule has 7 heteroatoms. The Morgan fingerprint density at radius 3 is 2.36 bits per heavy atom. The summed E-state index contributed by atoms with van der Waals surface area (Å²) in [4.78, 5) is 14.6. The van der Waals surface area contributed by atoms with Gasteiger partial charge in [-0.3, -0.25) is 15.1 Å². The van der Waals surface area contributed by atoms with E-state index >= 15 is 0 Å². The lowest BCUT2D eigenvalue weighted by atomic mass is 10.0. The van der Waals surface area contributed by atoms with Gasteiger partial charge >= 0.3 is 0 Å². The van der Waals surface area contributed by atoms with Crippen LogP contribution in [0.15, 0.2) is 36.7 Å². The fourth-order valence-electron chi connectivity index (χ4n) is 2.16. The number of nitro benzene ring substituents is 1. The van der Waals surface area contributed by atoms with Crippen LogP contribution in [0.1, 0.15) is 17.2 Å². The molecule has 0 saturated carbocycles.